The molecule has 5 nitrogen and oxygen atoms in total. The molecular weight excluding hydrogens is 340 g/mol. The Morgan fingerprint density at radius 1 is 1.08 bits per heavy atom. The maximum absolute atomic E-state index is 12.2. The zero-order chi connectivity index (χ0) is 17.8. The van der Waals surface area contributed by atoms with Crippen LogP contribution >= 0.6 is 11.6 Å². The van der Waals surface area contributed by atoms with Crippen molar-refractivity contribution < 1.29 is 14.4 Å². The highest BCUT2D eigenvalue weighted by atomic mass is 35.5. The molecule has 0 saturated heterocycles. The van der Waals surface area contributed by atoms with Crippen molar-refractivity contribution in [2.24, 2.45) is 0 Å². The molecule has 0 bridgehead atoms. The zero-order valence-electron chi connectivity index (χ0n) is 13.5. The Balaban J connectivity index is 1.49. The summed E-state index contributed by atoms with van der Waals surface area (Å²) in [6, 6.07) is 12.3. The predicted octanol–water partition coefficient (Wildman–Crippen LogP) is 3.11. The molecule has 2 N–H and O–H groups in total. The molecule has 6 heteroatoms. The molecule has 2 amide bonds. The van der Waals surface area contributed by atoms with Crippen molar-refractivity contribution in [1.82, 2.24) is 5.32 Å². The third-order valence-corrected chi connectivity index (χ3v) is 4.29. The van der Waals surface area contributed by atoms with Gasteiger partial charge in [0, 0.05) is 35.7 Å². The van der Waals surface area contributed by atoms with Crippen molar-refractivity contribution in [2.45, 2.75) is 25.8 Å². The zero-order valence-corrected chi connectivity index (χ0v) is 14.2. The van der Waals surface area contributed by atoms with E-state index < -0.39 is 0 Å². The second kappa shape index (κ2) is 7.49. The fourth-order valence-electron chi connectivity index (χ4n) is 2.67. The first-order valence-corrected chi connectivity index (χ1v) is 8.36. The summed E-state index contributed by atoms with van der Waals surface area (Å²) in [4.78, 5) is 35.5. The molecule has 0 saturated carbocycles. The lowest BCUT2D eigenvalue weighted by Crippen LogP contribution is -2.23. The molecule has 3 rings (SSSR count). The summed E-state index contributed by atoms with van der Waals surface area (Å²) in [6.07, 6.45) is 0.547. The van der Waals surface area contributed by atoms with Gasteiger partial charge in [0.1, 0.15) is 0 Å². The smallest absolute Gasteiger partial charge is 0.228 e. The lowest BCUT2D eigenvalue weighted by molar-refractivity contribution is -0.121. The Morgan fingerprint density at radius 3 is 2.60 bits per heavy atom. The van der Waals surface area contributed by atoms with Gasteiger partial charge in [0.05, 0.1) is 6.42 Å². The fraction of sp³-hybridized carbons (Fsp3) is 0.211. The SMILES string of the molecule is O=C(CCC(=O)c1ccc2c(c1)CC(=O)N2)NCc1ccc(Cl)cc1. The highest BCUT2D eigenvalue weighted by Gasteiger charge is 2.19. The van der Waals surface area contributed by atoms with E-state index in [1.54, 1.807) is 30.3 Å². The molecule has 0 atom stereocenters. The Morgan fingerprint density at radius 2 is 1.84 bits per heavy atom. The van der Waals surface area contributed by atoms with E-state index in [4.69, 9.17) is 11.6 Å². The Bertz CT molecular complexity index is 831. The summed E-state index contributed by atoms with van der Waals surface area (Å²) in [5, 5.41) is 6.16. The van der Waals surface area contributed by atoms with Crippen LogP contribution in [0, 0.1) is 0 Å². The normalized spacial score (nSPS) is 12.4. The van der Waals surface area contributed by atoms with Gasteiger partial charge in [-0.05, 0) is 41.5 Å². The second-order valence-corrected chi connectivity index (χ2v) is 6.36. The molecule has 2 aromatic carbocycles. The number of benzene rings is 2. The number of ketones is 1. The largest absolute Gasteiger partial charge is 0.352 e. The van der Waals surface area contributed by atoms with Gasteiger partial charge in [-0.25, -0.2) is 0 Å². The van der Waals surface area contributed by atoms with Crippen molar-refractivity contribution >= 4 is 34.9 Å². The average Bonchev–Trinajstić information content (AvgIpc) is 2.98. The molecule has 0 aliphatic carbocycles. The Hall–Kier alpha value is -2.66. The quantitative estimate of drug-likeness (QED) is 0.781. The first-order valence-electron chi connectivity index (χ1n) is 7.98. The van der Waals surface area contributed by atoms with E-state index in [0.717, 1.165) is 16.8 Å². The minimum absolute atomic E-state index is 0.0684. The number of anilines is 1. The van der Waals surface area contributed by atoms with Crippen LogP contribution in [0.2, 0.25) is 5.02 Å². The molecular formula is C19H17ClN2O3. The third kappa shape index (κ3) is 4.45. The van der Waals surface area contributed by atoms with Gasteiger partial charge in [-0.2, -0.15) is 0 Å². The first kappa shape index (κ1) is 17.2. The number of Topliss-reactive ketones (excluding diaryl/α,β-unsaturated/α-hetero) is 1. The van der Waals surface area contributed by atoms with Crippen LogP contribution in [0.1, 0.15) is 34.3 Å². The van der Waals surface area contributed by atoms with Gasteiger partial charge in [-0.15, -0.1) is 0 Å². The van der Waals surface area contributed by atoms with E-state index in [2.05, 4.69) is 10.6 Å². The van der Waals surface area contributed by atoms with Crippen molar-refractivity contribution in [3.05, 3.63) is 64.2 Å². The summed E-state index contributed by atoms with van der Waals surface area (Å²) in [5.74, 6) is -0.355. The lowest BCUT2D eigenvalue weighted by Gasteiger charge is -2.06. The van der Waals surface area contributed by atoms with Crippen LogP contribution in [0.4, 0.5) is 5.69 Å². The number of hydrogen-bond donors (Lipinski definition) is 2. The van der Waals surface area contributed by atoms with Crippen LogP contribution in [0.5, 0.6) is 0 Å². The number of rotatable bonds is 6. The van der Waals surface area contributed by atoms with Crippen molar-refractivity contribution in [3.8, 4) is 0 Å². The van der Waals surface area contributed by atoms with E-state index in [0.29, 0.717) is 17.1 Å². The predicted molar refractivity (Wildman–Crippen MR) is 95.6 cm³/mol. The van der Waals surface area contributed by atoms with Crippen LogP contribution in [-0.4, -0.2) is 17.6 Å². The van der Waals surface area contributed by atoms with E-state index in [1.165, 1.54) is 0 Å². The van der Waals surface area contributed by atoms with Gasteiger partial charge in [-0.1, -0.05) is 23.7 Å². The molecule has 0 spiro atoms. The summed E-state index contributed by atoms with van der Waals surface area (Å²) in [6.45, 7) is 0.400. The molecule has 0 aromatic heterocycles. The fourth-order valence-corrected chi connectivity index (χ4v) is 2.79. The summed E-state index contributed by atoms with van der Waals surface area (Å²) in [7, 11) is 0. The van der Waals surface area contributed by atoms with Gasteiger partial charge in [0.15, 0.2) is 5.78 Å². The summed E-state index contributed by atoms with van der Waals surface area (Å²) in [5.41, 5.74) is 3.05. The molecule has 0 radical (unpaired) electrons. The van der Waals surface area contributed by atoms with Gasteiger partial charge in [-0.3, -0.25) is 14.4 Å². The summed E-state index contributed by atoms with van der Waals surface area (Å²) >= 11 is 5.81. The molecule has 0 fully saturated rings. The van der Waals surface area contributed by atoms with Gasteiger partial charge < -0.3 is 10.6 Å². The number of halogens is 1. The molecule has 25 heavy (non-hydrogen) atoms. The first-order chi connectivity index (χ1) is 12.0. The highest BCUT2D eigenvalue weighted by Crippen LogP contribution is 2.24. The number of amides is 2. The van der Waals surface area contributed by atoms with Gasteiger partial charge >= 0.3 is 0 Å². The minimum atomic E-state index is -0.179. The van der Waals surface area contributed by atoms with Crippen LogP contribution in [0.15, 0.2) is 42.5 Å². The number of hydrogen-bond acceptors (Lipinski definition) is 3. The number of carbonyl (C=O) groups excluding carboxylic acids is 3. The summed E-state index contributed by atoms with van der Waals surface area (Å²) < 4.78 is 0. The molecule has 2 aromatic rings. The molecule has 1 aliphatic heterocycles. The Labute approximate surface area is 150 Å². The molecule has 1 heterocycles. The van der Waals surface area contributed by atoms with Crippen LogP contribution in [-0.2, 0) is 22.6 Å². The molecule has 0 unspecified atom stereocenters. The lowest BCUT2D eigenvalue weighted by atomic mass is 10.0. The molecule has 1 aliphatic rings. The van der Waals surface area contributed by atoms with Crippen molar-refractivity contribution in [3.63, 3.8) is 0 Å². The van der Waals surface area contributed by atoms with Crippen molar-refractivity contribution in [1.29, 1.82) is 0 Å². The maximum Gasteiger partial charge on any atom is 0.228 e. The minimum Gasteiger partial charge on any atom is -0.352 e. The average molecular weight is 357 g/mol. The topological polar surface area (TPSA) is 75.3 Å². The van der Waals surface area contributed by atoms with Crippen LogP contribution in [0.25, 0.3) is 0 Å². The van der Waals surface area contributed by atoms with Gasteiger partial charge in [0.25, 0.3) is 0 Å². The van der Waals surface area contributed by atoms with Crippen molar-refractivity contribution in [2.75, 3.05) is 5.32 Å². The van der Waals surface area contributed by atoms with E-state index in [9.17, 15) is 14.4 Å². The third-order valence-electron chi connectivity index (χ3n) is 4.03. The number of nitrogens with one attached hydrogen (secondary N) is 2. The monoisotopic (exact) mass is 356 g/mol. The standard InChI is InChI=1S/C19H17ClN2O3/c20-15-4-1-12(2-5-15)11-21-18(24)8-7-17(23)13-3-6-16-14(9-13)10-19(25)22-16/h1-6,9H,7-8,10-11H2,(H,21,24)(H,22,25). The van der Waals surface area contributed by atoms with E-state index in [1.807, 2.05) is 12.1 Å². The maximum atomic E-state index is 12.2. The van der Waals surface area contributed by atoms with Gasteiger partial charge in [0.2, 0.25) is 11.8 Å². The van der Waals surface area contributed by atoms with Crippen LogP contribution in [0.3, 0.4) is 0 Å². The number of fused-ring (bicyclic) bond motifs is 1. The highest BCUT2D eigenvalue weighted by molar-refractivity contribution is 6.30. The van der Waals surface area contributed by atoms with E-state index >= 15 is 0 Å². The second-order valence-electron chi connectivity index (χ2n) is 5.92. The molecule has 128 valence electrons. The van der Waals surface area contributed by atoms with Crippen LogP contribution < -0.4 is 10.6 Å². The van der Waals surface area contributed by atoms with E-state index in [-0.39, 0.29) is 36.9 Å². The number of carbonyl (C=O) groups is 3. The Kier molecular flexibility index (Phi) is 5.14.